The molecule has 0 atom stereocenters. The number of methoxy groups -OCH3 is 1. The van der Waals surface area contributed by atoms with Crippen LogP contribution in [-0.2, 0) is 0 Å². The van der Waals surface area contributed by atoms with Crippen molar-refractivity contribution in [1.29, 1.82) is 0 Å². The van der Waals surface area contributed by atoms with Gasteiger partial charge in [-0.25, -0.2) is 0 Å². The Bertz CT molecular complexity index is 727. The second-order valence-corrected chi connectivity index (χ2v) is 5.67. The first-order chi connectivity index (χ1) is 10.6. The van der Waals surface area contributed by atoms with Crippen molar-refractivity contribution in [3.63, 3.8) is 0 Å². The number of ether oxygens (including phenoxy) is 1. The molecule has 0 aliphatic carbocycles. The maximum Gasteiger partial charge on any atom is 0.256 e. The highest BCUT2D eigenvalue weighted by molar-refractivity contribution is 6.09. The molecule has 0 unspecified atom stereocenters. The van der Waals surface area contributed by atoms with Crippen molar-refractivity contribution in [2.45, 2.75) is 26.2 Å². The number of hydrogen-bond acceptors (Lipinski definition) is 3. The van der Waals surface area contributed by atoms with Crippen LogP contribution in [0.4, 0.5) is 0 Å². The molecule has 1 amide bonds. The van der Waals surface area contributed by atoms with E-state index in [1.165, 1.54) is 17.9 Å². The molecule has 0 radical (unpaired) electrons. The highest BCUT2D eigenvalue weighted by Gasteiger charge is 2.23. The van der Waals surface area contributed by atoms with Crippen LogP contribution in [0.25, 0.3) is 10.9 Å². The number of carbonyl (C=O) groups is 2. The lowest BCUT2D eigenvalue weighted by Crippen LogP contribution is -2.35. The SMILES string of the molecule is COc1ccc2c(c1)c(C(=O)N1CCCCC1)cn2C(C)=O. The second-order valence-electron chi connectivity index (χ2n) is 5.67. The first-order valence-electron chi connectivity index (χ1n) is 7.61. The summed E-state index contributed by atoms with van der Waals surface area (Å²) in [4.78, 5) is 26.5. The van der Waals surface area contributed by atoms with Crippen molar-refractivity contribution in [2.75, 3.05) is 20.2 Å². The van der Waals surface area contributed by atoms with E-state index in [0.29, 0.717) is 11.3 Å². The van der Waals surface area contributed by atoms with E-state index in [2.05, 4.69) is 0 Å². The van der Waals surface area contributed by atoms with E-state index >= 15 is 0 Å². The third-order valence-electron chi connectivity index (χ3n) is 4.22. The molecular weight excluding hydrogens is 280 g/mol. The highest BCUT2D eigenvalue weighted by atomic mass is 16.5. The van der Waals surface area contributed by atoms with E-state index in [0.717, 1.165) is 36.8 Å². The van der Waals surface area contributed by atoms with E-state index < -0.39 is 0 Å². The van der Waals surface area contributed by atoms with Crippen LogP contribution in [0.3, 0.4) is 0 Å². The average molecular weight is 300 g/mol. The van der Waals surface area contributed by atoms with E-state index in [4.69, 9.17) is 4.74 Å². The fraction of sp³-hybridized carbons (Fsp3) is 0.412. The number of piperidine rings is 1. The van der Waals surface area contributed by atoms with Crippen LogP contribution < -0.4 is 4.74 Å². The van der Waals surface area contributed by atoms with Gasteiger partial charge in [-0.2, -0.15) is 0 Å². The first-order valence-corrected chi connectivity index (χ1v) is 7.61. The molecule has 1 aromatic carbocycles. The molecule has 0 saturated carbocycles. The minimum Gasteiger partial charge on any atom is -0.497 e. The number of likely N-dealkylation sites (tertiary alicyclic amines) is 1. The molecular formula is C17H20N2O3. The maximum atomic E-state index is 12.8. The molecule has 5 nitrogen and oxygen atoms in total. The number of carbonyl (C=O) groups excluding carboxylic acids is 2. The molecule has 1 aliphatic heterocycles. The maximum absolute atomic E-state index is 12.8. The number of benzene rings is 1. The molecule has 22 heavy (non-hydrogen) atoms. The Kier molecular flexibility index (Phi) is 3.88. The van der Waals surface area contributed by atoms with Crippen molar-refractivity contribution in [1.82, 2.24) is 9.47 Å². The Hall–Kier alpha value is -2.30. The fourth-order valence-corrected chi connectivity index (χ4v) is 3.03. The quantitative estimate of drug-likeness (QED) is 0.857. The molecule has 5 heteroatoms. The van der Waals surface area contributed by atoms with E-state index in [-0.39, 0.29) is 11.8 Å². The van der Waals surface area contributed by atoms with Crippen LogP contribution >= 0.6 is 0 Å². The lowest BCUT2D eigenvalue weighted by Gasteiger charge is -2.26. The number of aromatic nitrogens is 1. The molecule has 1 aromatic heterocycles. The van der Waals surface area contributed by atoms with E-state index in [9.17, 15) is 9.59 Å². The summed E-state index contributed by atoms with van der Waals surface area (Å²) in [5, 5.41) is 0.769. The zero-order chi connectivity index (χ0) is 15.7. The Labute approximate surface area is 129 Å². The predicted octanol–water partition coefficient (Wildman–Crippen LogP) is 2.94. The van der Waals surface area contributed by atoms with Crippen molar-refractivity contribution >= 4 is 22.7 Å². The zero-order valence-electron chi connectivity index (χ0n) is 13.0. The first kappa shape index (κ1) is 14.6. The van der Waals surface area contributed by atoms with Gasteiger partial charge in [-0.1, -0.05) is 0 Å². The van der Waals surface area contributed by atoms with Gasteiger partial charge in [0.05, 0.1) is 18.2 Å². The largest absolute Gasteiger partial charge is 0.497 e. The zero-order valence-corrected chi connectivity index (χ0v) is 13.0. The van der Waals surface area contributed by atoms with Crippen molar-refractivity contribution in [3.8, 4) is 5.75 Å². The number of rotatable bonds is 2. The van der Waals surface area contributed by atoms with Gasteiger partial charge in [-0.3, -0.25) is 14.2 Å². The monoisotopic (exact) mass is 300 g/mol. The molecule has 0 N–H and O–H groups in total. The number of hydrogen-bond donors (Lipinski definition) is 0. The molecule has 1 saturated heterocycles. The molecule has 1 fully saturated rings. The van der Waals surface area contributed by atoms with Crippen LogP contribution in [0, 0.1) is 0 Å². The summed E-state index contributed by atoms with van der Waals surface area (Å²) in [5.41, 5.74) is 1.32. The fourth-order valence-electron chi connectivity index (χ4n) is 3.03. The van der Waals surface area contributed by atoms with Gasteiger partial charge in [0.15, 0.2) is 0 Å². The molecule has 2 aromatic rings. The third kappa shape index (κ3) is 2.47. The van der Waals surface area contributed by atoms with E-state index in [1.54, 1.807) is 19.4 Å². The standard InChI is InChI=1S/C17H20N2O3/c1-12(20)19-11-15(17(21)18-8-4-3-5-9-18)14-10-13(22-2)6-7-16(14)19/h6-7,10-11H,3-5,8-9H2,1-2H3. The average Bonchev–Trinajstić information content (AvgIpc) is 2.93. The number of fused-ring (bicyclic) bond motifs is 1. The van der Waals surface area contributed by atoms with Gasteiger partial charge < -0.3 is 9.64 Å². The van der Waals surface area contributed by atoms with Gasteiger partial charge in [0, 0.05) is 31.6 Å². The van der Waals surface area contributed by atoms with Crippen LogP contribution in [0.5, 0.6) is 5.75 Å². The van der Waals surface area contributed by atoms with Gasteiger partial charge in [0.25, 0.3) is 5.91 Å². The summed E-state index contributed by atoms with van der Waals surface area (Å²) in [6.45, 7) is 3.07. The Balaban J connectivity index is 2.10. The summed E-state index contributed by atoms with van der Waals surface area (Å²) >= 11 is 0. The topological polar surface area (TPSA) is 51.5 Å². The molecule has 0 spiro atoms. The van der Waals surface area contributed by atoms with Gasteiger partial charge in [0.2, 0.25) is 5.91 Å². The van der Waals surface area contributed by atoms with Crippen LogP contribution in [0.2, 0.25) is 0 Å². The third-order valence-corrected chi connectivity index (χ3v) is 4.22. The van der Waals surface area contributed by atoms with Gasteiger partial charge in [-0.15, -0.1) is 0 Å². The molecule has 0 bridgehead atoms. The predicted molar refractivity (Wildman–Crippen MR) is 84.5 cm³/mol. The van der Waals surface area contributed by atoms with Gasteiger partial charge in [-0.05, 0) is 37.5 Å². The summed E-state index contributed by atoms with van der Waals surface area (Å²) in [5.74, 6) is 0.576. The highest BCUT2D eigenvalue weighted by Crippen LogP contribution is 2.27. The summed E-state index contributed by atoms with van der Waals surface area (Å²) in [7, 11) is 1.59. The molecule has 1 aliphatic rings. The van der Waals surface area contributed by atoms with Crippen LogP contribution in [0.1, 0.15) is 41.3 Å². The molecule has 116 valence electrons. The van der Waals surface area contributed by atoms with Crippen LogP contribution in [0.15, 0.2) is 24.4 Å². The lowest BCUT2D eigenvalue weighted by molar-refractivity contribution is 0.0726. The van der Waals surface area contributed by atoms with Crippen molar-refractivity contribution < 1.29 is 14.3 Å². The normalized spacial score (nSPS) is 15.1. The Morgan fingerprint density at radius 1 is 1.14 bits per heavy atom. The minimum atomic E-state index is -0.104. The number of nitrogens with zero attached hydrogens (tertiary/aromatic N) is 2. The van der Waals surface area contributed by atoms with Crippen molar-refractivity contribution in [2.24, 2.45) is 0 Å². The van der Waals surface area contributed by atoms with Crippen molar-refractivity contribution in [3.05, 3.63) is 30.0 Å². The Morgan fingerprint density at radius 2 is 1.86 bits per heavy atom. The van der Waals surface area contributed by atoms with Crippen LogP contribution in [-0.4, -0.2) is 41.5 Å². The van der Waals surface area contributed by atoms with Gasteiger partial charge >= 0.3 is 0 Å². The lowest BCUT2D eigenvalue weighted by atomic mass is 10.1. The summed E-state index contributed by atoms with van der Waals surface area (Å²) in [6, 6.07) is 5.45. The summed E-state index contributed by atoms with van der Waals surface area (Å²) in [6.07, 6.45) is 4.91. The molecule has 3 rings (SSSR count). The number of amides is 1. The second kappa shape index (κ2) is 5.83. The van der Waals surface area contributed by atoms with Gasteiger partial charge in [0.1, 0.15) is 5.75 Å². The van der Waals surface area contributed by atoms with E-state index in [1.807, 2.05) is 17.0 Å². The smallest absolute Gasteiger partial charge is 0.256 e. The Morgan fingerprint density at radius 3 is 2.50 bits per heavy atom. The summed E-state index contributed by atoms with van der Waals surface area (Å²) < 4.78 is 6.79. The minimum absolute atomic E-state index is 0.00190. The molecule has 2 heterocycles.